The number of amides is 1. The molecule has 0 aliphatic heterocycles. The molecule has 164 valence electrons. The number of hydrogen-bond donors (Lipinski definition) is 1. The average Bonchev–Trinajstić information content (AvgIpc) is 3.53. The maximum Gasteiger partial charge on any atom is 0.257 e. The molecule has 3 aromatic heterocycles. The van der Waals surface area contributed by atoms with Gasteiger partial charge in [-0.1, -0.05) is 6.07 Å². The molecule has 8 heteroatoms. The lowest BCUT2D eigenvalue weighted by molar-refractivity contribution is 0.0683. The van der Waals surface area contributed by atoms with Crippen molar-refractivity contribution in [2.75, 3.05) is 5.73 Å². The van der Waals surface area contributed by atoms with Gasteiger partial charge >= 0.3 is 0 Å². The van der Waals surface area contributed by atoms with Gasteiger partial charge in [0.15, 0.2) is 0 Å². The minimum atomic E-state index is -0.625. The number of nitrogens with zero attached hydrogens (tertiary/aromatic N) is 5. The van der Waals surface area contributed by atoms with Gasteiger partial charge in [-0.3, -0.25) is 14.5 Å². The van der Waals surface area contributed by atoms with Crippen LogP contribution in [0.2, 0.25) is 0 Å². The summed E-state index contributed by atoms with van der Waals surface area (Å²) >= 11 is 0. The number of fused-ring (bicyclic) bond motifs is 3. The van der Waals surface area contributed by atoms with Gasteiger partial charge in [0.25, 0.3) is 5.91 Å². The fourth-order valence-corrected chi connectivity index (χ4v) is 4.16. The van der Waals surface area contributed by atoms with E-state index in [2.05, 4.69) is 21.1 Å². The first-order valence-electron chi connectivity index (χ1n) is 10.8. The van der Waals surface area contributed by atoms with Crippen LogP contribution in [0.1, 0.15) is 54.2 Å². The zero-order valence-electron chi connectivity index (χ0n) is 18.3. The Morgan fingerprint density at radius 3 is 2.69 bits per heavy atom. The normalized spacial score (nSPS) is 13.9. The van der Waals surface area contributed by atoms with Crippen molar-refractivity contribution in [1.29, 1.82) is 0 Å². The number of pyridine rings is 2. The standard InChI is InChI=1S/C24H25FN6O/c1-13(2)31(12-16-7-6-15(10-27-16)14-4-5-14)24(32)18-8-17-19-11-28-30(3)22(19)23(26)29-21(17)9-20(18)25/h6-11,13-14H,4-5,12H2,1-3H3,(H2,26,29). The van der Waals surface area contributed by atoms with Gasteiger partial charge in [0, 0.05) is 36.1 Å². The number of halogens is 1. The summed E-state index contributed by atoms with van der Waals surface area (Å²) in [4.78, 5) is 23.9. The van der Waals surface area contributed by atoms with Crippen LogP contribution in [0.5, 0.6) is 0 Å². The van der Waals surface area contributed by atoms with Crippen LogP contribution in [-0.2, 0) is 13.6 Å². The van der Waals surface area contributed by atoms with Crippen molar-refractivity contribution >= 4 is 33.5 Å². The second-order valence-corrected chi connectivity index (χ2v) is 8.76. The predicted octanol–water partition coefficient (Wildman–Crippen LogP) is 4.17. The number of aromatic nitrogens is 4. The number of rotatable bonds is 5. The highest BCUT2D eigenvalue weighted by Crippen LogP contribution is 2.39. The van der Waals surface area contributed by atoms with E-state index in [1.807, 2.05) is 26.1 Å². The van der Waals surface area contributed by atoms with Gasteiger partial charge in [-0.2, -0.15) is 5.10 Å². The van der Waals surface area contributed by atoms with Gasteiger partial charge in [-0.05, 0) is 50.3 Å². The summed E-state index contributed by atoms with van der Waals surface area (Å²) in [5.41, 5.74) is 9.11. The van der Waals surface area contributed by atoms with Crippen LogP contribution < -0.4 is 5.73 Å². The van der Waals surface area contributed by atoms with E-state index in [-0.39, 0.29) is 23.3 Å². The van der Waals surface area contributed by atoms with E-state index in [1.165, 1.54) is 24.5 Å². The maximum absolute atomic E-state index is 15.1. The van der Waals surface area contributed by atoms with Gasteiger partial charge in [0.1, 0.15) is 17.2 Å². The van der Waals surface area contributed by atoms with E-state index in [9.17, 15) is 4.79 Å². The Morgan fingerprint density at radius 1 is 1.25 bits per heavy atom. The molecule has 32 heavy (non-hydrogen) atoms. The molecule has 0 atom stereocenters. The molecule has 4 aromatic rings. The molecule has 0 saturated heterocycles. The van der Waals surface area contributed by atoms with Crippen molar-refractivity contribution in [1.82, 2.24) is 24.6 Å². The lowest BCUT2D eigenvalue weighted by Gasteiger charge is -2.27. The number of anilines is 1. The van der Waals surface area contributed by atoms with Crippen LogP contribution >= 0.6 is 0 Å². The van der Waals surface area contributed by atoms with Crippen molar-refractivity contribution in [3.63, 3.8) is 0 Å². The highest BCUT2D eigenvalue weighted by Gasteiger charge is 2.26. The van der Waals surface area contributed by atoms with Gasteiger partial charge < -0.3 is 10.6 Å². The summed E-state index contributed by atoms with van der Waals surface area (Å²) in [7, 11) is 1.77. The van der Waals surface area contributed by atoms with Crippen molar-refractivity contribution in [2.24, 2.45) is 7.05 Å². The van der Waals surface area contributed by atoms with E-state index in [1.54, 1.807) is 28.9 Å². The van der Waals surface area contributed by atoms with Crippen LogP contribution in [0, 0.1) is 5.82 Å². The largest absolute Gasteiger partial charge is 0.382 e. The topological polar surface area (TPSA) is 89.9 Å². The molecule has 1 fully saturated rings. The highest BCUT2D eigenvalue weighted by atomic mass is 19.1. The lowest BCUT2D eigenvalue weighted by Crippen LogP contribution is -2.37. The molecule has 1 aromatic carbocycles. The number of hydrogen-bond acceptors (Lipinski definition) is 5. The van der Waals surface area contributed by atoms with Crippen LogP contribution in [0.4, 0.5) is 10.2 Å². The average molecular weight is 433 g/mol. The minimum absolute atomic E-state index is 0.00229. The highest BCUT2D eigenvalue weighted by molar-refractivity contribution is 6.10. The zero-order valence-corrected chi connectivity index (χ0v) is 18.3. The van der Waals surface area contributed by atoms with Crippen LogP contribution in [0.3, 0.4) is 0 Å². The van der Waals surface area contributed by atoms with Crippen molar-refractivity contribution in [3.05, 3.63) is 59.3 Å². The van der Waals surface area contributed by atoms with E-state index < -0.39 is 5.82 Å². The molecule has 3 heterocycles. The molecule has 1 saturated carbocycles. The first-order valence-corrected chi connectivity index (χ1v) is 10.8. The fourth-order valence-electron chi connectivity index (χ4n) is 4.16. The smallest absolute Gasteiger partial charge is 0.257 e. The number of nitrogens with two attached hydrogens (primary N) is 1. The molecule has 0 radical (unpaired) electrons. The molecule has 0 spiro atoms. The van der Waals surface area contributed by atoms with Crippen LogP contribution in [-0.4, -0.2) is 36.6 Å². The van der Waals surface area contributed by atoms with Gasteiger partial charge in [0.2, 0.25) is 0 Å². The van der Waals surface area contributed by atoms with Crippen LogP contribution in [0.15, 0.2) is 36.7 Å². The quantitative estimate of drug-likeness (QED) is 0.511. The molecule has 2 N–H and O–H groups in total. The number of nitrogen functional groups attached to an aromatic ring is 1. The Balaban J connectivity index is 1.52. The second kappa shape index (κ2) is 7.55. The number of carbonyl (C=O) groups excluding carboxylic acids is 1. The Hall–Kier alpha value is -3.55. The molecule has 0 unspecified atom stereocenters. The summed E-state index contributed by atoms with van der Waals surface area (Å²) in [5, 5.41) is 5.62. The van der Waals surface area contributed by atoms with Crippen molar-refractivity contribution in [3.8, 4) is 0 Å². The predicted molar refractivity (Wildman–Crippen MR) is 122 cm³/mol. The van der Waals surface area contributed by atoms with Crippen LogP contribution in [0.25, 0.3) is 21.8 Å². The summed E-state index contributed by atoms with van der Waals surface area (Å²) in [5.74, 6) is -0.116. The zero-order chi connectivity index (χ0) is 22.6. The van der Waals surface area contributed by atoms with E-state index in [0.29, 0.717) is 28.9 Å². The SMILES string of the molecule is CC(C)N(Cc1ccc(C2CC2)cn1)C(=O)c1cc2c(cc1F)nc(N)c1c2cnn1C. The first-order chi connectivity index (χ1) is 15.3. The summed E-state index contributed by atoms with van der Waals surface area (Å²) in [6.45, 7) is 4.13. The molecular formula is C24H25FN6O. The van der Waals surface area contributed by atoms with E-state index in [0.717, 1.165) is 11.1 Å². The molecule has 5 rings (SSSR count). The number of carbonyl (C=O) groups is 1. The third-order valence-electron chi connectivity index (χ3n) is 6.14. The molecule has 1 aliphatic rings. The van der Waals surface area contributed by atoms with Gasteiger partial charge in [-0.25, -0.2) is 9.37 Å². The third kappa shape index (κ3) is 3.45. The maximum atomic E-state index is 15.1. The summed E-state index contributed by atoms with van der Waals surface area (Å²) in [6.07, 6.45) is 5.97. The molecular weight excluding hydrogens is 407 g/mol. The van der Waals surface area contributed by atoms with Gasteiger partial charge in [0.05, 0.1) is 29.5 Å². The Kier molecular flexibility index (Phi) is 4.80. The molecule has 7 nitrogen and oxygen atoms in total. The molecule has 1 amide bonds. The fraction of sp³-hybridized carbons (Fsp3) is 0.333. The monoisotopic (exact) mass is 432 g/mol. The van der Waals surface area contributed by atoms with Gasteiger partial charge in [-0.15, -0.1) is 0 Å². The van der Waals surface area contributed by atoms with E-state index >= 15 is 4.39 Å². The minimum Gasteiger partial charge on any atom is -0.382 e. The molecule has 1 aliphatic carbocycles. The lowest BCUT2D eigenvalue weighted by atomic mass is 10.0. The Morgan fingerprint density at radius 2 is 2.03 bits per heavy atom. The first kappa shape index (κ1) is 20.4. The van der Waals surface area contributed by atoms with Crippen molar-refractivity contribution in [2.45, 2.75) is 45.2 Å². The van der Waals surface area contributed by atoms with E-state index in [4.69, 9.17) is 5.73 Å². The third-order valence-corrected chi connectivity index (χ3v) is 6.14. The van der Waals surface area contributed by atoms with Crippen molar-refractivity contribution < 1.29 is 9.18 Å². The summed E-state index contributed by atoms with van der Waals surface area (Å²) < 4.78 is 16.7. The molecule has 0 bridgehead atoms. The Bertz CT molecular complexity index is 1340. The number of aryl methyl sites for hydroxylation is 1. The summed E-state index contributed by atoms with van der Waals surface area (Å²) in [6, 6.07) is 6.73. The second-order valence-electron chi connectivity index (χ2n) is 8.76. The number of benzene rings is 1. The Labute approximate surface area is 185 Å².